The number of fused-ring (bicyclic) bond motifs is 1. The molecule has 4 N–H and O–H groups in total. The molecule has 0 unspecified atom stereocenters. The van der Waals surface area contributed by atoms with E-state index in [0.717, 1.165) is 53.3 Å². The number of benzene rings is 2. The lowest BCUT2D eigenvalue weighted by atomic mass is 10.0. The van der Waals surface area contributed by atoms with Gasteiger partial charge < -0.3 is 25.8 Å². The zero-order valence-corrected chi connectivity index (χ0v) is 19.9. The van der Waals surface area contributed by atoms with Gasteiger partial charge in [-0.05, 0) is 60.8 Å². The Kier molecular flexibility index (Phi) is 6.60. The maximum Gasteiger partial charge on any atom is 0.229 e. The summed E-state index contributed by atoms with van der Waals surface area (Å²) in [5, 5.41) is 23.8. The molecule has 0 saturated carbocycles. The molecule has 3 heterocycles. The van der Waals surface area contributed by atoms with Crippen molar-refractivity contribution in [1.82, 2.24) is 25.1 Å². The number of anilines is 4. The molecule has 180 valence electrons. The topological polar surface area (TPSA) is 109 Å². The van der Waals surface area contributed by atoms with Crippen LogP contribution in [0.3, 0.4) is 0 Å². The van der Waals surface area contributed by atoms with Gasteiger partial charge in [0.05, 0.1) is 26.5 Å². The molecule has 0 spiro atoms. The summed E-state index contributed by atoms with van der Waals surface area (Å²) in [6.07, 6.45) is 6.46. The van der Waals surface area contributed by atoms with Crippen molar-refractivity contribution in [2.24, 2.45) is 0 Å². The second-order valence-electron chi connectivity index (χ2n) is 8.57. The molecule has 0 radical (unpaired) electrons. The van der Waals surface area contributed by atoms with E-state index in [9.17, 15) is 5.11 Å². The Hall–Kier alpha value is -3.95. The lowest BCUT2D eigenvalue weighted by Gasteiger charge is -2.19. The molecule has 0 bridgehead atoms. The number of aliphatic hydroxyl groups excluding tert-OH is 1. The summed E-state index contributed by atoms with van der Waals surface area (Å²) in [6, 6.07) is 12.3. The van der Waals surface area contributed by atoms with E-state index in [4.69, 9.17) is 9.72 Å². The van der Waals surface area contributed by atoms with Gasteiger partial charge in [0.25, 0.3) is 0 Å². The van der Waals surface area contributed by atoms with Crippen molar-refractivity contribution in [3.8, 4) is 16.9 Å². The smallest absolute Gasteiger partial charge is 0.229 e. The molecular weight excluding hydrogens is 442 g/mol. The van der Waals surface area contributed by atoms with Gasteiger partial charge in [0.15, 0.2) is 0 Å². The average molecular weight is 472 g/mol. The van der Waals surface area contributed by atoms with Crippen LogP contribution in [0.4, 0.5) is 23.1 Å². The number of nitrogens with zero attached hydrogens (tertiary/aromatic N) is 4. The number of rotatable bonds is 8. The summed E-state index contributed by atoms with van der Waals surface area (Å²) >= 11 is 0. The molecule has 9 heteroatoms. The summed E-state index contributed by atoms with van der Waals surface area (Å²) in [5.41, 5.74) is 7.22. The Morgan fingerprint density at radius 3 is 2.86 bits per heavy atom. The van der Waals surface area contributed by atoms with E-state index in [0.29, 0.717) is 18.3 Å². The zero-order chi connectivity index (χ0) is 24.2. The monoisotopic (exact) mass is 471 g/mol. The summed E-state index contributed by atoms with van der Waals surface area (Å²) in [7, 11) is 1.65. The van der Waals surface area contributed by atoms with Gasteiger partial charge in [-0.3, -0.25) is 4.68 Å². The van der Waals surface area contributed by atoms with E-state index >= 15 is 0 Å². The molecule has 0 aliphatic carbocycles. The average Bonchev–Trinajstić information content (AvgIpc) is 3.32. The second kappa shape index (κ2) is 10.1. The van der Waals surface area contributed by atoms with Gasteiger partial charge in [0, 0.05) is 47.5 Å². The highest BCUT2D eigenvalue weighted by Gasteiger charge is 2.15. The molecular formula is C26H29N7O2. The summed E-state index contributed by atoms with van der Waals surface area (Å²) in [5.74, 6) is 1.89. The predicted octanol–water partition coefficient (Wildman–Crippen LogP) is 3.78. The maximum atomic E-state index is 9.26. The number of methoxy groups -OCH3 is 1. The van der Waals surface area contributed by atoms with Crippen molar-refractivity contribution < 1.29 is 9.84 Å². The van der Waals surface area contributed by atoms with Crippen LogP contribution in [0.5, 0.6) is 5.75 Å². The van der Waals surface area contributed by atoms with E-state index in [1.165, 1.54) is 11.1 Å². The maximum absolute atomic E-state index is 9.26. The standard InChI is InChI=1S/C26H29N7O2/c1-17-9-22(12-23(10-17)35-2)31-26-28-15-24(20-14-29-33(16-20)7-8-34)25(32-26)30-21-4-3-18-5-6-27-13-19(18)11-21/h3-4,9-12,14-16,27,34H,5-8,13H2,1-2H3,(H2,28,30,31,32). The number of ether oxygens (including phenoxy) is 1. The zero-order valence-electron chi connectivity index (χ0n) is 19.9. The number of aromatic nitrogens is 4. The SMILES string of the molecule is COc1cc(C)cc(Nc2ncc(-c3cnn(CCO)c3)c(Nc3ccc4c(c3)CNCC4)n2)c1. The van der Waals surface area contributed by atoms with E-state index in [1.807, 2.05) is 31.3 Å². The van der Waals surface area contributed by atoms with E-state index in [2.05, 4.69) is 44.2 Å². The molecule has 1 aliphatic heterocycles. The van der Waals surface area contributed by atoms with Crippen LogP contribution in [0, 0.1) is 6.92 Å². The fourth-order valence-electron chi connectivity index (χ4n) is 4.24. The van der Waals surface area contributed by atoms with Gasteiger partial charge in [-0.2, -0.15) is 10.1 Å². The molecule has 2 aromatic carbocycles. The molecule has 0 saturated heterocycles. The van der Waals surface area contributed by atoms with Crippen LogP contribution in [0.15, 0.2) is 55.0 Å². The molecule has 0 atom stereocenters. The fraction of sp³-hybridized carbons (Fsp3) is 0.269. The fourth-order valence-corrected chi connectivity index (χ4v) is 4.24. The third-order valence-corrected chi connectivity index (χ3v) is 5.96. The van der Waals surface area contributed by atoms with Gasteiger partial charge in [-0.1, -0.05) is 6.07 Å². The quantitative estimate of drug-likeness (QED) is 0.307. The largest absolute Gasteiger partial charge is 0.497 e. The molecule has 35 heavy (non-hydrogen) atoms. The first-order valence-electron chi connectivity index (χ1n) is 11.6. The first kappa shape index (κ1) is 22.8. The molecule has 4 aromatic rings. The Morgan fingerprint density at radius 2 is 2.00 bits per heavy atom. The van der Waals surface area contributed by atoms with Crippen molar-refractivity contribution in [2.45, 2.75) is 26.4 Å². The van der Waals surface area contributed by atoms with Gasteiger partial charge in [0.1, 0.15) is 11.6 Å². The first-order chi connectivity index (χ1) is 17.1. The van der Waals surface area contributed by atoms with Gasteiger partial charge >= 0.3 is 0 Å². The second-order valence-corrected chi connectivity index (χ2v) is 8.57. The Bertz CT molecular complexity index is 1340. The Morgan fingerprint density at radius 1 is 1.09 bits per heavy atom. The van der Waals surface area contributed by atoms with Crippen molar-refractivity contribution in [2.75, 3.05) is 30.9 Å². The van der Waals surface area contributed by atoms with Gasteiger partial charge in [0.2, 0.25) is 5.95 Å². The first-order valence-corrected chi connectivity index (χ1v) is 11.6. The molecule has 2 aromatic heterocycles. The molecule has 1 aliphatic rings. The highest BCUT2D eigenvalue weighted by molar-refractivity contribution is 5.78. The van der Waals surface area contributed by atoms with Gasteiger partial charge in [-0.25, -0.2) is 4.98 Å². The summed E-state index contributed by atoms with van der Waals surface area (Å²) < 4.78 is 7.10. The lowest BCUT2D eigenvalue weighted by molar-refractivity contribution is 0.269. The summed E-state index contributed by atoms with van der Waals surface area (Å²) in [6.45, 7) is 4.33. The van der Waals surface area contributed by atoms with E-state index in [1.54, 1.807) is 24.2 Å². The Balaban J connectivity index is 1.50. The minimum absolute atomic E-state index is 0.0225. The lowest BCUT2D eigenvalue weighted by Crippen LogP contribution is -2.23. The van der Waals surface area contributed by atoms with Crippen molar-refractivity contribution >= 4 is 23.1 Å². The van der Waals surface area contributed by atoms with Crippen LogP contribution < -0.4 is 20.7 Å². The van der Waals surface area contributed by atoms with E-state index in [-0.39, 0.29) is 6.61 Å². The highest BCUT2D eigenvalue weighted by Crippen LogP contribution is 2.31. The van der Waals surface area contributed by atoms with Crippen LogP contribution in [0.1, 0.15) is 16.7 Å². The number of nitrogens with one attached hydrogen (secondary N) is 3. The van der Waals surface area contributed by atoms with Crippen molar-refractivity contribution in [1.29, 1.82) is 0 Å². The minimum atomic E-state index is 0.0225. The number of hydrogen-bond donors (Lipinski definition) is 4. The normalized spacial score (nSPS) is 12.8. The molecule has 5 rings (SSSR count). The van der Waals surface area contributed by atoms with Crippen molar-refractivity contribution in [3.63, 3.8) is 0 Å². The third kappa shape index (κ3) is 5.26. The van der Waals surface area contributed by atoms with E-state index < -0.39 is 0 Å². The minimum Gasteiger partial charge on any atom is -0.497 e. The third-order valence-electron chi connectivity index (χ3n) is 5.96. The molecule has 0 amide bonds. The van der Waals surface area contributed by atoms with Crippen LogP contribution >= 0.6 is 0 Å². The number of aliphatic hydroxyl groups is 1. The van der Waals surface area contributed by atoms with Crippen LogP contribution in [0.25, 0.3) is 11.1 Å². The number of hydrogen-bond acceptors (Lipinski definition) is 8. The summed E-state index contributed by atoms with van der Waals surface area (Å²) in [4.78, 5) is 9.38. The van der Waals surface area contributed by atoms with Crippen molar-refractivity contribution in [3.05, 3.63) is 71.7 Å². The molecule has 0 fully saturated rings. The predicted molar refractivity (Wildman–Crippen MR) is 136 cm³/mol. The Labute approximate surface area is 204 Å². The van der Waals surface area contributed by atoms with Gasteiger partial charge in [-0.15, -0.1) is 0 Å². The van der Waals surface area contributed by atoms with Crippen LogP contribution in [0.2, 0.25) is 0 Å². The molecule has 9 nitrogen and oxygen atoms in total. The van der Waals surface area contributed by atoms with Crippen LogP contribution in [-0.4, -0.2) is 45.1 Å². The van der Waals surface area contributed by atoms with Crippen LogP contribution in [-0.2, 0) is 19.5 Å². The highest BCUT2D eigenvalue weighted by atomic mass is 16.5. The number of aryl methyl sites for hydroxylation is 1.